The van der Waals surface area contributed by atoms with Crippen LogP contribution in [-0.2, 0) is 19.6 Å². The fourth-order valence-corrected chi connectivity index (χ4v) is 5.91. The minimum absolute atomic E-state index is 0.0294. The fourth-order valence-electron chi connectivity index (χ4n) is 3.11. The standard InChI is InChI=1S/C15H27N3O4S2/c1-16(2)11-13-12-23-9-4-7-18(13)24(21,22)10-8-17-14(19)5-3-6-15(17)20/h13H,3-12H2,1-2H3. The van der Waals surface area contributed by atoms with Crippen molar-refractivity contribution in [3.8, 4) is 0 Å². The molecule has 7 nitrogen and oxygen atoms in total. The molecule has 1 atom stereocenters. The first-order valence-electron chi connectivity index (χ1n) is 8.36. The van der Waals surface area contributed by atoms with Crippen molar-refractivity contribution in [1.82, 2.24) is 14.1 Å². The molecule has 0 aromatic heterocycles. The number of nitrogens with zero attached hydrogens (tertiary/aromatic N) is 3. The number of piperidine rings is 1. The highest BCUT2D eigenvalue weighted by Gasteiger charge is 2.33. The first-order chi connectivity index (χ1) is 11.3. The average molecular weight is 378 g/mol. The molecule has 0 radical (unpaired) electrons. The van der Waals surface area contributed by atoms with Crippen molar-refractivity contribution in [1.29, 1.82) is 0 Å². The van der Waals surface area contributed by atoms with Crippen LogP contribution >= 0.6 is 11.8 Å². The highest BCUT2D eigenvalue weighted by Crippen LogP contribution is 2.21. The van der Waals surface area contributed by atoms with E-state index in [0.29, 0.717) is 32.4 Å². The van der Waals surface area contributed by atoms with E-state index in [-0.39, 0.29) is 30.2 Å². The topological polar surface area (TPSA) is 78.0 Å². The number of likely N-dealkylation sites (tertiary alicyclic amines) is 1. The van der Waals surface area contributed by atoms with Gasteiger partial charge in [-0.1, -0.05) is 0 Å². The largest absolute Gasteiger partial charge is 0.308 e. The van der Waals surface area contributed by atoms with Gasteiger partial charge in [0.1, 0.15) is 0 Å². The number of amides is 2. The van der Waals surface area contributed by atoms with Gasteiger partial charge in [0.2, 0.25) is 21.8 Å². The molecule has 2 heterocycles. The molecule has 0 N–H and O–H groups in total. The van der Waals surface area contributed by atoms with Crippen LogP contribution in [0.2, 0.25) is 0 Å². The smallest absolute Gasteiger partial charge is 0.229 e. The number of carbonyl (C=O) groups excluding carboxylic acids is 2. The van der Waals surface area contributed by atoms with E-state index >= 15 is 0 Å². The molecule has 24 heavy (non-hydrogen) atoms. The Morgan fingerprint density at radius 1 is 1.17 bits per heavy atom. The second-order valence-electron chi connectivity index (χ2n) is 6.56. The van der Waals surface area contributed by atoms with E-state index in [4.69, 9.17) is 0 Å². The predicted molar refractivity (Wildman–Crippen MR) is 95.3 cm³/mol. The van der Waals surface area contributed by atoms with E-state index in [1.807, 2.05) is 19.0 Å². The number of imide groups is 1. The molecule has 2 rings (SSSR count). The fraction of sp³-hybridized carbons (Fsp3) is 0.867. The van der Waals surface area contributed by atoms with Gasteiger partial charge in [0, 0.05) is 44.3 Å². The number of likely N-dealkylation sites (N-methyl/N-ethyl adjacent to an activating group) is 1. The van der Waals surface area contributed by atoms with Crippen molar-refractivity contribution in [3.63, 3.8) is 0 Å². The molecule has 9 heteroatoms. The van der Waals surface area contributed by atoms with Crippen molar-refractivity contribution in [2.24, 2.45) is 0 Å². The van der Waals surface area contributed by atoms with Crippen LogP contribution in [0.1, 0.15) is 25.7 Å². The Balaban J connectivity index is 2.05. The lowest BCUT2D eigenvalue weighted by Gasteiger charge is -2.32. The summed E-state index contributed by atoms with van der Waals surface area (Å²) in [4.78, 5) is 26.8. The van der Waals surface area contributed by atoms with Crippen LogP contribution in [0.5, 0.6) is 0 Å². The van der Waals surface area contributed by atoms with Crippen molar-refractivity contribution >= 4 is 33.6 Å². The third-order valence-electron chi connectivity index (χ3n) is 4.27. The van der Waals surface area contributed by atoms with Crippen LogP contribution in [0.25, 0.3) is 0 Å². The Hall–Kier alpha value is -0.640. The van der Waals surface area contributed by atoms with Crippen molar-refractivity contribution in [2.75, 3.05) is 51.0 Å². The van der Waals surface area contributed by atoms with Crippen LogP contribution in [0.15, 0.2) is 0 Å². The number of carbonyl (C=O) groups is 2. The van der Waals surface area contributed by atoms with E-state index in [0.717, 1.165) is 22.8 Å². The maximum Gasteiger partial charge on any atom is 0.229 e. The monoisotopic (exact) mass is 377 g/mol. The normalized spacial score (nSPS) is 24.5. The summed E-state index contributed by atoms with van der Waals surface area (Å²) in [6, 6.07) is -0.0646. The Labute approximate surface area is 148 Å². The first-order valence-corrected chi connectivity index (χ1v) is 11.1. The first kappa shape index (κ1) is 19.7. The molecule has 2 saturated heterocycles. The van der Waals surface area contributed by atoms with Gasteiger partial charge < -0.3 is 4.90 Å². The van der Waals surface area contributed by atoms with Gasteiger partial charge in [-0.05, 0) is 32.7 Å². The summed E-state index contributed by atoms with van der Waals surface area (Å²) in [6.45, 7) is 1.15. The molecule has 0 aromatic rings. The molecule has 2 aliphatic rings. The lowest BCUT2D eigenvalue weighted by atomic mass is 10.1. The van der Waals surface area contributed by atoms with Gasteiger partial charge in [-0.3, -0.25) is 14.5 Å². The molecule has 0 bridgehead atoms. The van der Waals surface area contributed by atoms with Gasteiger partial charge in [-0.25, -0.2) is 8.42 Å². The number of rotatable bonds is 6. The summed E-state index contributed by atoms with van der Waals surface area (Å²) in [7, 11) is 0.371. The second kappa shape index (κ2) is 8.64. The van der Waals surface area contributed by atoms with E-state index in [1.54, 1.807) is 16.1 Å². The molecule has 0 aromatic carbocycles. The van der Waals surface area contributed by atoms with Crippen molar-refractivity contribution in [2.45, 2.75) is 31.7 Å². The molecule has 2 amide bonds. The predicted octanol–water partition coefficient (Wildman–Crippen LogP) is 0.224. The minimum Gasteiger partial charge on any atom is -0.308 e. The van der Waals surface area contributed by atoms with Gasteiger partial charge in [0.15, 0.2) is 0 Å². The van der Waals surface area contributed by atoms with Crippen molar-refractivity contribution < 1.29 is 18.0 Å². The van der Waals surface area contributed by atoms with Crippen molar-refractivity contribution in [3.05, 3.63) is 0 Å². The van der Waals surface area contributed by atoms with Crippen LogP contribution in [0, 0.1) is 0 Å². The zero-order valence-corrected chi connectivity index (χ0v) is 16.1. The van der Waals surface area contributed by atoms with Gasteiger partial charge in [0.25, 0.3) is 0 Å². The average Bonchev–Trinajstić information content (AvgIpc) is 2.72. The van der Waals surface area contributed by atoms with Gasteiger partial charge in [0.05, 0.1) is 5.75 Å². The third-order valence-corrected chi connectivity index (χ3v) is 7.37. The van der Waals surface area contributed by atoms with Gasteiger partial charge in [-0.2, -0.15) is 16.1 Å². The highest BCUT2D eigenvalue weighted by molar-refractivity contribution is 7.99. The summed E-state index contributed by atoms with van der Waals surface area (Å²) in [5, 5.41) is 0. The Morgan fingerprint density at radius 3 is 2.46 bits per heavy atom. The summed E-state index contributed by atoms with van der Waals surface area (Å²) >= 11 is 1.78. The maximum absolute atomic E-state index is 12.8. The Morgan fingerprint density at radius 2 is 1.83 bits per heavy atom. The lowest BCUT2D eigenvalue weighted by Crippen LogP contribution is -2.50. The van der Waals surface area contributed by atoms with E-state index < -0.39 is 10.0 Å². The molecule has 1 unspecified atom stereocenters. The Kier molecular flexibility index (Phi) is 7.09. The molecule has 0 aliphatic carbocycles. The van der Waals surface area contributed by atoms with Gasteiger partial charge >= 0.3 is 0 Å². The summed E-state index contributed by atoms with van der Waals surface area (Å²) in [5.74, 6) is 1.05. The highest BCUT2D eigenvalue weighted by atomic mass is 32.2. The molecular formula is C15H27N3O4S2. The molecule has 138 valence electrons. The second-order valence-corrected chi connectivity index (χ2v) is 9.75. The zero-order chi connectivity index (χ0) is 17.7. The van der Waals surface area contributed by atoms with Crippen LogP contribution in [-0.4, -0.2) is 91.4 Å². The minimum atomic E-state index is -3.50. The van der Waals surface area contributed by atoms with E-state index in [2.05, 4.69) is 0 Å². The van der Waals surface area contributed by atoms with Gasteiger partial charge in [-0.15, -0.1) is 0 Å². The third kappa shape index (κ3) is 5.18. The number of hydrogen-bond acceptors (Lipinski definition) is 6. The molecule has 0 saturated carbocycles. The van der Waals surface area contributed by atoms with Crippen LogP contribution in [0.3, 0.4) is 0 Å². The lowest BCUT2D eigenvalue weighted by molar-refractivity contribution is -0.147. The maximum atomic E-state index is 12.8. The summed E-state index contributed by atoms with van der Waals surface area (Å²) in [6.07, 6.45) is 2.05. The van der Waals surface area contributed by atoms with E-state index in [9.17, 15) is 18.0 Å². The van der Waals surface area contributed by atoms with E-state index in [1.165, 1.54) is 0 Å². The number of thioether (sulfide) groups is 1. The quantitative estimate of drug-likeness (QED) is 0.617. The van der Waals surface area contributed by atoms with Crippen LogP contribution < -0.4 is 0 Å². The molecule has 2 fully saturated rings. The molecule has 0 spiro atoms. The van der Waals surface area contributed by atoms with Crippen LogP contribution in [0.4, 0.5) is 0 Å². The zero-order valence-electron chi connectivity index (χ0n) is 14.4. The Bertz CT molecular complexity index is 549. The number of hydrogen-bond donors (Lipinski definition) is 0. The SMILES string of the molecule is CN(C)CC1CSCCCN1S(=O)(=O)CCN1C(=O)CCCC1=O. The summed E-state index contributed by atoms with van der Waals surface area (Å²) in [5.41, 5.74) is 0. The molecule has 2 aliphatic heterocycles. The number of sulfonamides is 1. The summed E-state index contributed by atoms with van der Waals surface area (Å²) < 4.78 is 27.3. The molecular weight excluding hydrogens is 350 g/mol.